The predicted octanol–water partition coefficient (Wildman–Crippen LogP) is 25.2. The fraction of sp³-hybridized carbons (Fsp3) is 0.604. The van der Waals surface area contributed by atoms with Crippen LogP contribution in [0.2, 0.25) is 0 Å². The summed E-state index contributed by atoms with van der Waals surface area (Å²) in [6, 6.07) is 40.6. The van der Waals surface area contributed by atoms with Crippen molar-refractivity contribution in [2.24, 2.45) is 0 Å². The molecule has 6 heteroatoms. The molecule has 0 aliphatic heterocycles. The number of benzene rings is 6. The van der Waals surface area contributed by atoms with Crippen LogP contribution in [0, 0.1) is 0 Å². The van der Waals surface area contributed by atoms with E-state index in [2.05, 4.69) is 358 Å². The van der Waals surface area contributed by atoms with Gasteiger partial charge in [0.25, 0.3) is 0 Å². The normalized spacial score (nSPS) is 16.3. The summed E-state index contributed by atoms with van der Waals surface area (Å²) in [4.78, 5) is 33.9. The lowest BCUT2D eigenvalue weighted by atomic mass is 9.62. The number of hydrogen-bond donors (Lipinski definition) is 2. The van der Waals surface area contributed by atoms with Gasteiger partial charge in [-0.15, -0.1) is 0 Å². The summed E-state index contributed by atoms with van der Waals surface area (Å²) >= 11 is 0. The van der Waals surface area contributed by atoms with Gasteiger partial charge in [0.1, 0.15) is 0 Å². The Kier molecular flexibility index (Phi) is 22.8. The molecule has 2 atom stereocenters. The molecule has 1 fully saturated rings. The van der Waals surface area contributed by atoms with Crippen molar-refractivity contribution in [2.45, 2.75) is 376 Å². The third kappa shape index (κ3) is 18.3. The molecule has 560 valence electrons. The summed E-state index contributed by atoms with van der Waals surface area (Å²) in [5.74, 6) is -0.956. The first kappa shape index (κ1) is 83.5. The molecule has 0 radical (unpaired) electrons. The zero-order valence-corrected chi connectivity index (χ0v) is 71.4. The Hall–Kier alpha value is -5.82. The van der Waals surface area contributed by atoms with Gasteiger partial charge in [-0.2, -0.15) is 0 Å². The maximum absolute atomic E-state index is 17.0. The van der Waals surface area contributed by atoms with Gasteiger partial charge >= 0.3 is 0 Å². The van der Waals surface area contributed by atoms with Crippen LogP contribution >= 0.6 is 0 Å². The molecule has 7 rings (SSSR count). The zero-order valence-electron chi connectivity index (χ0n) is 71.4. The number of nitrogens with zero attached hydrogens (tertiary/aromatic N) is 2. The fourth-order valence-electron chi connectivity index (χ4n) is 14.7. The number of carbonyl (C=O) groups is 2. The Bertz CT molecular complexity index is 3200. The molecule has 102 heavy (non-hydrogen) atoms. The van der Waals surface area contributed by atoms with Gasteiger partial charge in [-0.3, -0.25) is 20.0 Å². The molecule has 1 aliphatic carbocycles. The van der Waals surface area contributed by atoms with Crippen molar-refractivity contribution in [3.8, 4) is 0 Å². The highest BCUT2D eigenvalue weighted by Gasteiger charge is 2.49. The van der Waals surface area contributed by atoms with E-state index < -0.39 is 34.7 Å². The highest BCUT2D eigenvalue weighted by molar-refractivity contribution is 5.82. The van der Waals surface area contributed by atoms with Gasteiger partial charge in [0.15, 0.2) is 0 Å². The third-order valence-electron chi connectivity index (χ3n) is 22.6. The second-order valence-electron chi connectivity index (χ2n) is 43.9. The van der Waals surface area contributed by atoms with Crippen LogP contribution < -0.4 is 0 Å². The van der Waals surface area contributed by atoms with E-state index in [1.165, 1.54) is 0 Å². The number of carbonyl (C=O) groups excluding carboxylic acids is 2. The van der Waals surface area contributed by atoms with E-state index in [1.807, 2.05) is 0 Å². The second-order valence-corrected chi connectivity index (χ2v) is 43.9. The lowest BCUT2D eigenvalue weighted by Gasteiger charge is -2.44. The van der Waals surface area contributed by atoms with Crippen molar-refractivity contribution in [3.05, 3.63) is 209 Å². The maximum atomic E-state index is 17.0. The van der Waals surface area contributed by atoms with Crippen LogP contribution in [0.5, 0.6) is 0 Å². The zero-order chi connectivity index (χ0) is 77.8. The smallest absolute Gasteiger partial charge is 0.247 e. The summed E-state index contributed by atoms with van der Waals surface area (Å²) in [6.07, 6.45) is 1.82. The van der Waals surface area contributed by atoms with Gasteiger partial charge in [-0.1, -0.05) is 371 Å². The molecule has 6 nitrogen and oxygen atoms in total. The molecular weight excluding hydrogens is 1250 g/mol. The minimum atomic E-state index is -1.21. The monoisotopic (exact) mass is 1390 g/mol. The molecule has 0 spiro atoms. The average Bonchev–Trinajstić information content (AvgIpc) is 0.726. The quantitative estimate of drug-likeness (QED) is 0.0727. The molecule has 2 N–H and O–H groups in total. The lowest BCUT2D eigenvalue weighted by Crippen LogP contribution is -2.56. The van der Waals surface area contributed by atoms with Crippen LogP contribution in [0.1, 0.15) is 388 Å². The Morgan fingerprint density at radius 1 is 0.235 bits per heavy atom. The summed E-state index contributed by atoms with van der Waals surface area (Å²) in [5, 5.41) is 29.3. The number of rotatable bonds is 12. The van der Waals surface area contributed by atoms with Gasteiger partial charge in [-0.05, 0) is 178 Å². The van der Waals surface area contributed by atoms with Crippen LogP contribution in [0.15, 0.2) is 109 Å². The van der Waals surface area contributed by atoms with Crippen LogP contribution in [0.3, 0.4) is 0 Å². The minimum Gasteiger partial charge on any atom is -0.286 e. The number of amides is 2. The van der Waals surface area contributed by atoms with E-state index in [9.17, 15) is 10.4 Å². The van der Waals surface area contributed by atoms with Crippen LogP contribution in [0.4, 0.5) is 0 Å². The van der Waals surface area contributed by atoms with Crippen molar-refractivity contribution < 1.29 is 20.0 Å². The summed E-state index contributed by atoms with van der Waals surface area (Å²) < 4.78 is 0. The molecule has 2 unspecified atom stereocenters. The first-order valence-electron chi connectivity index (χ1n) is 38.7. The van der Waals surface area contributed by atoms with Crippen LogP contribution in [0.25, 0.3) is 0 Å². The van der Waals surface area contributed by atoms with Crippen LogP contribution in [-0.2, 0) is 85.4 Å². The molecule has 0 heterocycles. The standard InChI is InChI=1S/C96H142N2O4/c1-83(2,3)61-41-62(84(4,5)6)48-73(47-61)95(74-49-63(85(7,8)9)42-64(50-74)86(10,11)12,75-51-65(87(13,14)15)43-66(52-75)88(16,17)18)59-81(99)97(101)79-39-37-38-40-80(79)98(102)82(100)60-96(76-53-67(89(19,20)21)44-68(54-76)90(22,23)24,77-55-69(91(25,26)27)45-70(56-77)92(28,29)30)78-57-71(93(31,32)33)46-72(58-78)94(34,35)36/h41-58,79-80,101-102H,37-40,59-60H2,1-36H3. The second kappa shape index (κ2) is 27.8. The Labute approximate surface area is 623 Å². The fourth-order valence-corrected chi connectivity index (χ4v) is 14.7. The lowest BCUT2D eigenvalue weighted by molar-refractivity contribution is -0.214. The molecule has 6 aromatic rings. The van der Waals surface area contributed by atoms with E-state index in [1.54, 1.807) is 0 Å². The number of hydroxylamine groups is 4. The molecule has 0 bridgehead atoms. The summed E-state index contributed by atoms with van der Waals surface area (Å²) in [6.45, 7) is 81.9. The highest BCUT2D eigenvalue weighted by Crippen LogP contribution is 2.53. The van der Waals surface area contributed by atoms with Crippen molar-refractivity contribution in [1.82, 2.24) is 10.1 Å². The Morgan fingerprint density at radius 3 is 0.451 bits per heavy atom. The first-order valence-corrected chi connectivity index (χ1v) is 38.7. The van der Waals surface area contributed by atoms with Gasteiger partial charge in [0, 0.05) is 12.8 Å². The van der Waals surface area contributed by atoms with E-state index in [0.29, 0.717) is 25.7 Å². The summed E-state index contributed by atoms with van der Waals surface area (Å²) in [7, 11) is 0. The van der Waals surface area contributed by atoms with Crippen LogP contribution in [-0.4, -0.2) is 44.4 Å². The molecule has 0 saturated heterocycles. The van der Waals surface area contributed by atoms with Crippen molar-refractivity contribution in [3.63, 3.8) is 0 Å². The van der Waals surface area contributed by atoms with Gasteiger partial charge in [-0.25, -0.2) is 10.1 Å². The maximum Gasteiger partial charge on any atom is 0.247 e. The molecular formula is C96H142N2O4. The highest BCUT2D eigenvalue weighted by atomic mass is 16.5. The largest absolute Gasteiger partial charge is 0.286 e. The molecule has 2 amide bonds. The molecule has 1 saturated carbocycles. The van der Waals surface area contributed by atoms with E-state index in [0.717, 1.165) is 110 Å². The first-order chi connectivity index (χ1) is 45.7. The minimum absolute atomic E-state index is 0.151. The van der Waals surface area contributed by atoms with E-state index in [4.69, 9.17) is 0 Å². The third-order valence-corrected chi connectivity index (χ3v) is 22.6. The van der Waals surface area contributed by atoms with E-state index in [-0.39, 0.29) is 77.8 Å². The molecule has 6 aromatic carbocycles. The number of hydrogen-bond acceptors (Lipinski definition) is 4. The average molecular weight is 1390 g/mol. The van der Waals surface area contributed by atoms with Gasteiger partial charge in [0.2, 0.25) is 11.8 Å². The van der Waals surface area contributed by atoms with Gasteiger partial charge in [0.05, 0.1) is 22.9 Å². The van der Waals surface area contributed by atoms with Crippen molar-refractivity contribution in [1.29, 1.82) is 0 Å². The predicted molar refractivity (Wildman–Crippen MR) is 435 cm³/mol. The molecule has 0 aromatic heterocycles. The van der Waals surface area contributed by atoms with Gasteiger partial charge < -0.3 is 0 Å². The van der Waals surface area contributed by atoms with Crippen molar-refractivity contribution in [2.75, 3.05) is 0 Å². The molecule has 1 aliphatic rings. The topological polar surface area (TPSA) is 81.1 Å². The Morgan fingerprint density at radius 2 is 0.343 bits per heavy atom. The SMILES string of the molecule is CC(C)(C)c1cc(C(C)(C)C)cc(C(CC(=O)N(O)C2CCCCC2N(O)C(=O)CC(c2cc(C(C)(C)C)cc(C(C)(C)C)c2)(c2cc(C(C)(C)C)cc(C(C)(C)C)c2)c2cc(C(C)(C)C)cc(C(C)(C)C)c2)(c2cc(C(C)(C)C)cc(C(C)(C)C)c2)c2cc(C(C)(C)C)cc(C(C)(C)C)c2)c1. The van der Waals surface area contributed by atoms with E-state index >= 15 is 9.59 Å². The van der Waals surface area contributed by atoms with Crippen molar-refractivity contribution >= 4 is 11.8 Å². The summed E-state index contributed by atoms with van der Waals surface area (Å²) in [5.41, 5.74) is 13.9. The Balaban J connectivity index is 1.60.